The Morgan fingerprint density at radius 1 is 1.03 bits per heavy atom. The van der Waals surface area contributed by atoms with Gasteiger partial charge < -0.3 is 14.8 Å². The number of hydrogen-bond acceptors (Lipinski definition) is 5. The number of nitrogens with one attached hydrogen (secondary N) is 1. The molecule has 0 aliphatic heterocycles. The Hall–Kier alpha value is -3.75. The van der Waals surface area contributed by atoms with Gasteiger partial charge in [0.25, 0.3) is 5.56 Å². The number of benzene rings is 2. The fourth-order valence-corrected chi connectivity index (χ4v) is 2.63. The monoisotopic (exact) mass is 401 g/mol. The Bertz CT molecular complexity index is 1120. The Labute approximate surface area is 164 Å². The number of halogens is 2. The van der Waals surface area contributed by atoms with Crippen molar-refractivity contribution >= 4 is 11.6 Å². The summed E-state index contributed by atoms with van der Waals surface area (Å²) in [5.41, 5.74) is 0.574. The lowest BCUT2D eigenvalue weighted by Crippen LogP contribution is -2.29. The summed E-state index contributed by atoms with van der Waals surface area (Å²) in [6.45, 7) is -0.413. The van der Waals surface area contributed by atoms with E-state index in [1.54, 1.807) is 18.2 Å². The van der Waals surface area contributed by atoms with E-state index in [0.717, 1.165) is 16.8 Å². The van der Waals surface area contributed by atoms with E-state index in [4.69, 9.17) is 9.47 Å². The summed E-state index contributed by atoms with van der Waals surface area (Å²) in [5.74, 6) is -1.67. The Morgan fingerprint density at radius 3 is 2.52 bits per heavy atom. The average Bonchev–Trinajstić information content (AvgIpc) is 2.72. The highest BCUT2D eigenvalue weighted by Crippen LogP contribution is 2.31. The summed E-state index contributed by atoms with van der Waals surface area (Å²) in [6.07, 6.45) is 0. The molecule has 2 aromatic carbocycles. The van der Waals surface area contributed by atoms with Crippen LogP contribution in [0.1, 0.15) is 0 Å². The van der Waals surface area contributed by atoms with Crippen LogP contribution in [-0.2, 0) is 11.3 Å². The number of methoxy groups -OCH3 is 2. The van der Waals surface area contributed by atoms with E-state index in [1.807, 2.05) is 0 Å². The first-order valence-corrected chi connectivity index (χ1v) is 8.46. The molecule has 1 aromatic heterocycles. The zero-order valence-corrected chi connectivity index (χ0v) is 15.6. The minimum absolute atomic E-state index is 0.0647. The molecule has 0 aliphatic carbocycles. The Balaban J connectivity index is 1.85. The number of nitrogens with zero attached hydrogens (tertiary/aromatic N) is 2. The second kappa shape index (κ2) is 8.51. The van der Waals surface area contributed by atoms with Gasteiger partial charge in [-0.15, -0.1) is 0 Å². The van der Waals surface area contributed by atoms with Crippen molar-refractivity contribution in [2.75, 3.05) is 19.5 Å². The van der Waals surface area contributed by atoms with E-state index in [-0.39, 0.29) is 5.69 Å². The maximum Gasteiger partial charge on any atom is 0.267 e. The van der Waals surface area contributed by atoms with Gasteiger partial charge in [0.1, 0.15) is 18.0 Å². The van der Waals surface area contributed by atoms with Crippen molar-refractivity contribution < 1.29 is 23.0 Å². The number of amides is 1. The van der Waals surface area contributed by atoms with Crippen LogP contribution in [-0.4, -0.2) is 29.9 Å². The molecular weight excluding hydrogens is 384 g/mol. The first-order valence-electron chi connectivity index (χ1n) is 8.46. The minimum atomic E-state index is -1.09. The molecule has 7 nitrogen and oxygen atoms in total. The molecule has 0 radical (unpaired) electrons. The summed E-state index contributed by atoms with van der Waals surface area (Å²) in [4.78, 5) is 24.3. The molecule has 0 spiro atoms. The number of ether oxygens (including phenoxy) is 2. The fourth-order valence-electron chi connectivity index (χ4n) is 2.63. The highest BCUT2D eigenvalue weighted by molar-refractivity contribution is 5.90. The van der Waals surface area contributed by atoms with Crippen LogP contribution in [0.5, 0.6) is 11.5 Å². The van der Waals surface area contributed by atoms with Gasteiger partial charge in [0.2, 0.25) is 5.91 Å². The number of carbonyl (C=O) groups excluding carboxylic acids is 1. The molecule has 29 heavy (non-hydrogen) atoms. The van der Waals surface area contributed by atoms with Crippen molar-refractivity contribution in [3.8, 4) is 22.8 Å². The minimum Gasteiger partial charge on any atom is -0.497 e. The predicted octanol–water partition coefficient (Wildman–Crippen LogP) is 2.84. The second-order valence-electron chi connectivity index (χ2n) is 5.96. The number of aromatic nitrogens is 2. The fraction of sp³-hybridized carbons (Fsp3) is 0.150. The zero-order chi connectivity index (χ0) is 21.0. The van der Waals surface area contributed by atoms with Gasteiger partial charge in [-0.1, -0.05) is 0 Å². The maximum atomic E-state index is 13.3. The third kappa shape index (κ3) is 4.57. The molecule has 0 atom stereocenters. The summed E-state index contributed by atoms with van der Waals surface area (Å²) in [7, 11) is 3.02. The molecule has 9 heteroatoms. The van der Waals surface area contributed by atoms with Gasteiger partial charge in [-0.05, 0) is 30.3 Å². The molecule has 1 N–H and O–H groups in total. The van der Waals surface area contributed by atoms with E-state index >= 15 is 0 Å². The van der Waals surface area contributed by atoms with Gasteiger partial charge in [0, 0.05) is 29.4 Å². The van der Waals surface area contributed by atoms with Crippen LogP contribution >= 0.6 is 0 Å². The van der Waals surface area contributed by atoms with Crippen molar-refractivity contribution in [1.29, 1.82) is 0 Å². The Morgan fingerprint density at radius 2 is 1.83 bits per heavy atom. The number of rotatable bonds is 6. The summed E-state index contributed by atoms with van der Waals surface area (Å²) in [6, 6.07) is 10.8. The zero-order valence-electron chi connectivity index (χ0n) is 15.6. The van der Waals surface area contributed by atoms with Gasteiger partial charge in [-0.2, -0.15) is 5.10 Å². The van der Waals surface area contributed by atoms with Crippen LogP contribution in [0.15, 0.2) is 53.3 Å². The van der Waals surface area contributed by atoms with Crippen LogP contribution in [0.3, 0.4) is 0 Å². The summed E-state index contributed by atoms with van der Waals surface area (Å²) >= 11 is 0. The molecular formula is C20H17F2N3O4. The van der Waals surface area contributed by atoms with Crippen molar-refractivity contribution in [2.45, 2.75) is 6.54 Å². The maximum absolute atomic E-state index is 13.3. The number of anilines is 1. The first-order chi connectivity index (χ1) is 13.9. The highest BCUT2D eigenvalue weighted by Gasteiger charge is 2.13. The highest BCUT2D eigenvalue weighted by atomic mass is 19.2. The molecule has 1 amide bonds. The average molecular weight is 401 g/mol. The van der Waals surface area contributed by atoms with Gasteiger partial charge >= 0.3 is 0 Å². The van der Waals surface area contributed by atoms with Gasteiger partial charge in [0.15, 0.2) is 11.6 Å². The van der Waals surface area contributed by atoms with Crippen LogP contribution < -0.4 is 20.3 Å². The molecule has 0 unspecified atom stereocenters. The smallest absolute Gasteiger partial charge is 0.267 e. The molecule has 1 heterocycles. The van der Waals surface area contributed by atoms with E-state index in [1.165, 1.54) is 32.4 Å². The molecule has 3 aromatic rings. The molecule has 3 rings (SSSR count). The molecule has 0 saturated carbocycles. The molecule has 0 aliphatic rings. The number of hydrogen-bond donors (Lipinski definition) is 1. The second-order valence-corrected chi connectivity index (χ2v) is 5.96. The third-order valence-corrected chi connectivity index (χ3v) is 4.05. The van der Waals surface area contributed by atoms with E-state index < -0.39 is 29.6 Å². The molecule has 0 bridgehead atoms. The first kappa shape index (κ1) is 20.0. The predicted molar refractivity (Wildman–Crippen MR) is 102 cm³/mol. The van der Waals surface area contributed by atoms with E-state index in [2.05, 4.69) is 10.4 Å². The lowest BCUT2D eigenvalue weighted by molar-refractivity contribution is -0.117. The summed E-state index contributed by atoms with van der Waals surface area (Å²) < 4.78 is 37.7. The largest absolute Gasteiger partial charge is 0.497 e. The van der Waals surface area contributed by atoms with E-state index in [9.17, 15) is 18.4 Å². The van der Waals surface area contributed by atoms with Crippen molar-refractivity contribution in [3.63, 3.8) is 0 Å². The topological polar surface area (TPSA) is 82.5 Å². The normalized spacial score (nSPS) is 10.5. The van der Waals surface area contributed by atoms with Gasteiger partial charge in [0.05, 0.1) is 19.9 Å². The van der Waals surface area contributed by atoms with E-state index in [0.29, 0.717) is 22.8 Å². The van der Waals surface area contributed by atoms with Crippen LogP contribution in [0.25, 0.3) is 11.3 Å². The van der Waals surface area contributed by atoms with Crippen molar-refractivity contribution in [1.82, 2.24) is 9.78 Å². The van der Waals surface area contributed by atoms with Crippen LogP contribution in [0.4, 0.5) is 14.5 Å². The Kier molecular flexibility index (Phi) is 5.87. The number of carbonyl (C=O) groups is 1. The van der Waals surface area contributed by atoms with Crippen molar-refractivity contribution in [2.24, 2.45) is 0 Å². The van der Waals surface area contributed by atoms with Crippen molar-refractivity contribution in [3.05, 3.63) is 70.5 Å². The molecule has 0 saturated heterocycles. The lowest BCUT2D eigenvalue weighted by Gasteiger charge is -2.12. The van der Waals surface area contributed by atoms with Crippen LogP contribution in [0.2, 0.25) is 0 Å². The van der Waals surface area contributed by atoms with Gasteiger partial charge in [-0.3, -0.25) is 9.59 Å². The molecule has 150 valence electrons. The van der Waals surface area contributed by atoms with Gasteiger partial charge in [-0.25, -0.2) is 13.5 Å². The summed E-state index contributed by atoms with van der Waals surface area (Å²) in [5, 5.41) is 6.60. The SMILES string of the molecule is COc1ccc(-c2ccc(=O)n(CC(=O)Nc3ccc(F)c(F)c3)n2)c(OC)c1. The third-order valence-electron chi connectivity index (χ3n) is 4.05. The lowest BCUT2D eigenvalue weighted by atomic mass is 10.1. The van der Waals surface area contributed by atoms with Crippen LogP contribution in [0, 0.1) is 11.6 Å². The quantitative estimate of drug-likeness (QED) is 0.687. The molecule has 0 fully saturated rings. The standard InChI is InChI=1S/C20H17F2N3O4/c1-28-13-4-5-14(18(10-13)29-2)17-7-8-20(27)25(24-17)11-19(26)23-12-3-6-15(21)16(22)9-12/h3-10H,11H2,1-2H3,(H,23,26).